The fraction of sp³-hybridized carbons (Fsp3) is 0.400. The molecule has 0 atom stereocenters. The summed E-state index contributed by atoms with van der Waals surface area (Å²) in [5.74, 6) is -0.767. The summed E-state index contributed by atoms with van der Waals surface area (Å²) in [6.07, 6.45) is 0. The second-order valence-electron chi connectivity index (χ2n) is 4.04. The lowest BCUT2D eigenvalue weighted by molar-refractivity contribution is 0.0582. The van der Waals surface area contributed by atoms with E-state index in [4.69, 9.17) is 21.1 Å². The number of benzene rings is 1. The van der Waals surface area contributed by atoms with Crippen LogP contribution in [0, 0.1) is 5.82 Å². The smallest absolute Gasteiger partial charge is 0.241 e. The minimum absolute atomic E-state index is 0.342. The quantitative estimate of drug-likeness (QED) is 0.401. The van der Waals surface area contributed by atoms with Gasteiger partial charge in [-0.3, -0.25) is 0 Å². The molecule has 7 nitrogen and oxygen atoms in total. The molecule has 1 rings (SSSR count). The molecular weight excluding hydrogens is 279 g/mol. The molecule has 0 radical (unpaired) electrons. The van der Waals surface area contributed by atoms with E-state index in [0.29, 0.717) is 0 Å². The highest BCUT2D eigenvalue weighted by atomic mass is 32.2. The molecule has 0 bridgehead atoms. The molecule has 0 saturated heterocycles. The van der Waals surface area contributed by atoms with Gasteiger partial charge in [-0.05, 0) is 18.2 Å². The average molecular weight is 294 g/mol. The summed E-state index contributed by atoms with van der Waals surface area (Å²) in [6, 6.07) is 2.75. The van der Waals surface area contributed by atoms with Gasteiger partial charge < -0.3 is 21.1 Å². The Labute approximate surface area is 109 Å². The molecule has 0 amide bonds. The third-order valence-corrected chi connectivity index (χ3v) is 4.11. The summed E-state index contributed by atoms with van der Waals surface area (Å²) in [4.78, 5) is -0.342. The lowest BCUT2D eigenvalue weighted by Crippen LogP contribution is -2.56. The maximum absolute atomic E-state index is 13.0. The van der Waals surface area contributed by atoms with Gasteiger partial charge in [0.1, 0.15) is 11.4 Å². The number of hydrogen-bond donors (Lipinski definition) is 5. The van der Waals surface area contributed by atoms with Crippen LogP contribution in [0.3, 0.4) is 0 Å². The Kier molecular flexibility index (Phi) is 4.82. The van der Waals surface area contributed by atoms with Crippen LogP contribution in [0.2, 0.25) is 0 Å². The summed E-state index contributed by atoms with van der Waals surface area (Å²) >= 11 is 0. The van der Waals surface area contributed by atoms with E-state index in [1.54, 1.807) is 0 Å². The molecule has 1 aromatic rings. The van der Waals surface area contributed by atoms with Crippen LogP contribution in [-0.2, 0) is 10.0 Å². The van der Waals surface area contributed by atoms with E-state index in [1.165, 1.54) is 0 Å². The fourth-order valence-electron chi connectivity index (χ4n) is 1.28. The van der Waals surface area contributed by atoms with Crippen molar-refractivity contribution in [3.05, 3.63) is 24.0 Å². The van der Waals surface area contributed by atoms with Crippen LogP contribution in [-0.4, -0.2) is 49.1 Å². The van der Waals surface area contributed by atoms with Crippen molar-refractivity contribution in [1.29, 1.82) is 0 Å². The first kappa shape index (κ1) is 15.8. The number of rotatable bonds is 6. The number of sulfonamides is 1. The molecule has 19 heavy (non-hydrogen) atoms. The number of nitrogens with two attached hydrogens (primary N) is 1. The average Bonchev–Trinajstić information content (AvgIpc) is 2.39. The number of aliphatic hydroxyl groups excluding tert-OH is 3. The predicted molar refractivity (Wildman–Crippen MR) is 65.1 cm³/mol. The van der Waals surface area contributed by atoms with Crippen LogP contribution >= 0.6 is 0 Å². The Morgan fingerprint density at radius 1 is 1.21 bits per heavy atom. The summed E-state index contributed by atoms with van der Waals surface area (Å²) in [7, 11) is -4.17. The molecule has 108 valence electrons. The van der Waals surface area contributed by atoms with Crippen molar-refractivity contribution in [1.82, 2.24) is 4.72 Å². The third-order valence-electron chi connectivity index (χ3n) is 2.54. The Balaban J connectivity index is 3.14. The molecule has 0 aliphatic carbocycles. The Morgan fingerprint density at radius 2 is 1.74 bits per heavy atom. The van der Waals surface area contributed by atoms with E-state index in [2.05, 4.69) is 0 Å². The minimum atomic E-state index is -4.17. The Morgan fingerprint density at radius 3 is 2.16 bits per heavy atom. The molecular formula is C10H15FN2O5S. The summed E-state index contributed by atoms with van der Waals surface area (Å²) in [5.41, 5.74) is 3.10. The number of nitrogens with one attached hydrogen (secondary N) is 1. The van der Waals surface area contributed by atoms with E-state index >= 15 is 0 Å². The van der Waals surface area contributed by atoms with E-state index in [9.17, 15) is 12.8 Å². The van der Waals surface area contributed by atoms with Crippen LogP contribution in [0.15, 0.2) is 23.1 Å². The van der Waals surface area contributed by atoms with Crippen LogP contribution < -0.4 is 10.5 Å². The second-order valence-corrected chi connectivity index (χ2v) is 5.73. The molecule has 0 aromatic heterocycles. The van der Waals surface area contributed by atoms with Crippen LogP contribution in [0.5, 0.6) is 0 Å². The molecule has 0 heterocycles. The normalized spacial score (nSPS) is 12.6. The van der Waals surface area contributed by atoms with E-state index in [-0.39, 0.29) is 10.6 Å². The number of aliphatic hydroxyl groups is 3. The molecule has 0 aliphatic rings. The third kappa shape index (κ3) is 3.39. The number of nitrogen functional groups attached to an aromatic ring is 1. The van der Waals surface area contributed by atoms with Gasteiger partial charge in [0.25, 0.3) is 0 Å². The topological polar surface area (TPSA) is 133 Å². The van der Waals surface area contributed by atoms with Crippen molar-refractivity contribution in [3.8, 4) is 0 Å². The Bertz CT molecular complexity index is 537. The van der Waals surface area contributed by atoms with Crippen molar-refractivity contribution in [2.45, 2.75) is 10.4 Å². The van der Waals surface area contributed by atoms with Crippen molar-refractivity contribution >= 4 is 15.7 Å². The number of halogens is 1. The first-order valence-corrected chi connectivity index (χ1v) is 6.70. The van der Waals surface area contributed by atoms with Gasteiger partial charge in [-0.15, -0.1) is 0 Å². The van der Waals surface area contributed by atoms with Gasteiger partial charge in [-0.1, -0.05) is 0 Å². The first-order chi connectivity index (χ1) is 8.80. The molecule has 0 saturated carbocycles. The van der Waals surface area contributed by atoms with Crippen LogP contribution in [0.25, 0.3) is 0 Å². The number of hydrogen-bond acceptors (Lipinski definition) is 6. The molecule has 1 aromatic carbocycles. The van der Waals surface area contributed by atoms with Gasteiger partial charge in [-0.2, -0.15) is 4.72 Å². The van der Waals surface area contributed by atoms with E-state index in [1.807, 2.05) is 4.72 Å². The zero-order valence-corrected chi connectivity index (χ0v) is 10.7. The molecule has 0 aliphatic heterocycles. The monoisotopic (exact) mass is 294 g/mol. The molecule has 6 N–H and O–H groups in total. The zero-order valence-electron chi connectivity index (χ0n) is 9.88. The van der Waals surface area contributed by atoms with Crippen molar-refractivity contribution in [3.63, 3.8) is 0 Å². The number of anilines is 1. The molecule has 0 spiro atoms. The first-order valence-electron chi connectivity index (χ1n) is 5.22. The van der Waals surface area contributed by atoms with Crippen molar-refractivity contribution in [2.75, 3.05) is 25.6 Å². The summed E-state index contributed by atoms with van der Waals surface area (Å²) in [6.45, 7) is -2.43. The minimum Gasteiger partial charge on any atom is -0.396 e. The van der Waals surface area contributed by atoms with Crippen LogP contribution in [0.1, 0.15) is 0 Å². The predicted octanol–water partition coefficient (Wildman–Crippen LogP) is -1.60. The standard InChI is InChI=1S/C10H15FN2O5S/c11-8-2-1-7(3-9(8)12)19(17,18)13-10(4-14,5-15)6-16/h1-3,13-16H,4-6,12H2. The molecule has 9 heteroatoms. The maximum atomic E-state index is 13.0. The highest BCUT2D eigenvalue weighted by Gasteiger charge is 2.34. The summed E-state index contributed by atoms with van der Waals surface area (Å²) in [5, 5.41) is 27.2. The maximum Gasteiger partial charge on any atom is 0.241 e. The van der Waals surface area contributed by atoms with Gasteiger partial charge >= 0.3 is 0 Å². The van der Waals surface area contributed by atoms with Crippen molar-refractivity contribution in [2.24, 2.45) is 0 Å². The Hall–Kier alpha value is -1.26. The second kappa shape index (κ2) is 5.80. The largest absolute Gasteiger partial charge is 0.396 e. The molecule has 0 unspecified atom stereocenters. The van der Waals surface area contributed by atoms with Crippen LogP contribution in [0.4, 0.5) is 10.1 Å². The lowest BCUT2D eigenvalue weighted by atomic mass is 10.1. The SMILES string of the molecule is Nc1cc(S(=O)(=O)NC(CO)(CO)CO)ccc1F. The van der Waals surface area contributed by atoms with Gasteiger partial charge in [-0.25, -0.2) is 12.8 Å². The van der Waals surface area contributed by atoms with Gasteiger partial charge in [0.15, 0.2) is 0 Å². The lowest BCUT2D eigenvalue weighted by Gasteiger charge is -2.28. The van der Waals surface area contributed by atoms with E-state index in [0.717, 1.165) is 18.2 Å². The van der Waals surface area contributed by atoms with Gasteiger partial charge in [0.2, 0.25) is 10.0 Å². The fourth-order valence-corrected chi connectivity index (χ4v) is 2.69. The van der Waals surface area contributed by atoms with Gasteiger partial charge in [0.05, 0.1) is 30.4 Å². The highest BCUT2D eigenvalue weighted by molar-refractivity contribution is 7.89. The van der Waals surface area contributed by atoms with Gasteiger partial charge in [0, 0.05) is 0 Å². The highest BCUT2D eigenvalue weighted by Crippen LogP contribution is 2.18. The summed E-state index contributed by atoms with van der Waals surface area (Å²) < 4.78 is 38.9. The molecule has 0 fully saturated rings. The van der Waals surface area contributed by atoms with Crippen molar-refractivity contribution < 1.29 is 28.1 Å². The van der Waals surface area contributed by atoms with E-state index < -0.39 is 41.2 Å². The zero-order chi connectivity index (χ0) is 14.7.